The summed E-state index contributed by atoms with van der Waals surface area (Å²) in [7, 11) is 1.35. The number of methoxy groups -OCH3 is 1. The quantitative estimate of drug-likeness (QED) is 0.788. The Hall–Kier alpha value is -0.640. The van der Waals surface area contributed by atoms with Crippen LogP contribution in [0.15, 0.2) is 10.5 Å². The molecule has 0 aliphatic heterocycles. The number of rotatable bonds is 2. The summed E-state index contributed by atoms with van der Waals surface area (Å²) < 4.78 is 32.1. The molecule has 0 amide bonds. The molecule has 1 aromatic rings. The van der Waals surface area contributed by atoms with Crippen molar-refractivity contribution < 1.29 is 13.5 Å². The van der Waals surface area contributed by atoms with Gasteiger partial charge >= 0.3 is 0 Å². The maximum atomic E-state index is 13.7. The van der Waals surface area contributed by atoms with E-state index in [4.69, 9.17) is 4.74 Å². The van der Waals surface area contributed by atoms with Crippen LogP contribution in [0.1, 0.15) is 25.3 Å². The second-order valence-electron chi connectivity index (χ2n) is 3.26. The summed E-state index contributed by atoms with van der Waals surface area (Å²) in [6.45, 7) is 3.46. The summed E-state index contributed by atoms with van der Waals surface area (Å²) in [5.41, 5.74) is 0.0602. The Morgan fingerprint density at radius 1 is 1.36 bits per heavy atom. The van der Waals surface area contributed by atoms with Crippen molar-refractivity contribution in [3.63, 3.8) is 0 Å². The van der Waals surface area contributed by atoms with E-state index in [9.17, 15) is 8.78 Å². The zero-order valence-corrected chi connectivity index (χ0v) is 9.78. The summed E-state index contributed by atoms with van der Waals surface area (Å²) in [5, 5.41) is 0. The lowest BCUT2D eigenvalue weighted by Crippen LogP contribution is -2.01. The molecule has 1 nitrogen and oxygen atoms in total. The lowest BCUT2D eigenvalue weighted by Gasteiger charge is -2.13. The van der Waals surface area contributed by atoms with Gasteiger partial charge in [-0.1, -0.05) is 13.8 Å². The summed E-state index contributed by atoms with van der Waals surface area (Å²) in [6, 6.07) is 1.22. The van der Waals surface area contributed by atoms with E-state index in [-0.39, 0.29) is 17.2 Å². The molecule has 0 bridgehead atoms. The van der Waals surface area contributed by atoms with Gasteiger partial charge in [0.15, 0.2) is 11.6 Å². The van der Waals surface area contributed by atoms with Crippen LogP contribution >= 0.6 is 15.9 Å². The van der Waals surface area contributed by atoms with E-state index < -0.39 is 11.6 Å². The first-order valence-electron chi connectivity index (χ1n) is 4.20. The van der Waals surface area contributed by atoms with E-state index in [0.29, 0.717) is 4.47 Å². The minimum atomic E-state index is -0.630. The molecule has 78 valence electrons. The van der Waals surface area contributed by atoms with Crippen LogP contribution in [-0.2, 0) is 0 Å². The molecular formula is C10H11BrF2O. The predicted octanol–water partition coefficient (Wildman–Crippen LogP) is 3.86. The summed E-state index contributed by atoms with van der Waals surface area (Å²) in [6.07, 6.45) is 0. The van der Waals surface area contributed by atoms with Gasteiger partial charge in [0.1, 0.15) is 5.82 Å². The van der Waals surface area contributed by atoms with Crippen molar-refractivity contribution in [1.82, 2.24) is 0 Å². The van der Waals surface area contributed by atoms with E-state index in [1.807, 2.05) is 0 Å². The largest absolute Gasteiger partial charge is 0.492 e. The van der Waals surface area contributed by atoms with Crippen molar-refractivity contribution in [3.05, 3.63) is 27.7 Å². The zero-order valence-electron chi connectivity index (χ0n) is 8.20. The normalized spacial score (nSPS) is 10.8. The Bertz CT molecular complexity index is 350. The highest BCUT2D eigenvalue weighted by Crippen LogP contribution is 2.35. The van der Waals surface area contributed by atoms with E-state index in [2.05, 4.69) is 15.9 Å². The summed E-state index contributed by atoms with van der Waals surface area (Å²) >= 11 is 3.04. The van der Waals surface area contributed by atoms with Crippen molar-refractivity contribution in [2.45, 2.75) is 19.8 Å². The van der Waals surface area contributed by atoms with E-state index >= 15 is 0 Å². The van der Waals surface area contributed by atoms with Gasteiger partial charge in [-0.15, -0.1) is 0 Å². The van der Waals surface area contributed by atoms with Crippen LogP contribution in [0.4, 0.5) is 8.78 Å². The Morgan fingerprint density at radius 3 is 2.36 bits per heavy atom. The first-order chi connectivity index (χ1) is 6.49. The molecule has 0 atom stereocenters. The van der Waals surface area contributed by atoms with Gasteiger partial charge in [-0.3, -0.25) is 0 Å². The van der Waals surface area contributed by atoms with Crippen LogP contribution in [-0.4, -0.2) is 7.11 Å². The van der Waals surface area contributed by atoms with Crippen molar-refractivity contribution >= 4 is 15.9 Å². The van der Waals surface area contributed by atoms with Gasteiger partial charge in [0.05, 0.1) is 11.6 Å². The first kappa shape index (κ1) is 11.4. The van der Waals surface area contributed by atoms with Crippen LogP contribution < -0.4 is 4.74 Å². The molecule has 0 fully saturated rings. The lowest BCUT2D eigenvalue weighted by atomic mass is 10.0. The third kappa shape index (κ3) is 1.90. The number of ether oxygens (including phenoxy) is 1. The third-order valence-electron chi connectivity index (χ3n) is 1.94. The number of benzene rings is 1. The van der Waals surface area contributed by atoms with Gasteiger partial charge < -0.3 is 4.74 Å². The fourth-order valence-corrected chi connectivity index (χ4v) is 1.84. The summed E-state index contributed by atoms with van der Waals surface area (Å²) in [5.74, 6) is -1.34. The van der Waals surface area contributed by atoms with Crippen LogP contribution in [0.2, 0.25) is 0 Å². The maximum Gasteiger partial charge on any atom is 0.172 e. The monoisotopic (exact) mass is 264 g/mol. The molecule has 0 aliphatic rings. The van der Waals surface area contributed by atoms with E-state index in [1.54, 1.807) is 13.8 Å². The zero-order chi connectivity index (χ0) is 10.9. The molecule has 0 aliphatic carbocycles. The summed E-state index contributed by atoms with van der Waals surface area (Å²) in [4.78, 5) is 0. The van der Waals surface area contributed by atoms with Crippen molar-refractivity contribution in [2.75, 3.05) is 7.11 Å². The molecule has 0 radical (unpaired) electrons. The Kier molecular flexibility index (Phi) is 3.48. The molecule has 0 N–H and O–H groups in total. The van der Waals surface area contributed by atoms with E-state index in [0.717, 1.165) is 0 Å². The molecule has 0 saturated carbocycles. The second-order valence-corrected chi connectivity index (χ2v) is 4.11. The molecule has 0 unspecified atom stereocenters. The van der Waals surface area contributed by atoms with Crippen molar-refractivity contribution in [1.29, 1.82) is 0 Å². The molecule has 1 rings (SSSR count). The van der Waals surface area contributed by atoms with Crippen LogP contribution in [0.25, 0.3) is 0 Å². The van der Waals surface area contributed by atoms with Crippen molar-refractivity contribution in [2.24, 2.45) is 0 Å². The maximum absolute atomic E-state index is 13.7. The van der Waals surface area contributed by atoms with Crippen molar-refractivity contribution in [3.8, 4) is 5.75 Å². The second kappa shape index (κ2) is 4.26. The Labute approximate surface area is 90.2 Å². The molecule has 0 saturated heterocycles. The third-order valence-corrected chi connectivity index (χ3v) is 2.53. The molecular weight excluding hydrogens is 254 g/mol. The highest BCUT2D eigenvalue weighted by atomic mass is 79.9. The molecule has 14 heavy (non-hydrogen) atoms. The topological polar surface area (TPSA) is 9.23 Å². The number of hydrogen-bond donors (Lipinski definition) is 0. The highest BCUT2D eigenvalue weighted by molar-refractivity contribution is 9.10. The van der Waals surface area contributed by atoms with Gasteiger partial charge in [0, 0.05) is 5.56 Å². The smallest absolute Gasteiger partial charge is 0.172 e. The van der Waals surface area contributed by atoms with Crippen LogP contribution in [0.5, 0.6) is 5.75 Å². The molecule has 1 aromatic carbocycles. The Morgan fingerprint density at radius 2 is 1.93 bits per heavy atom. The minimum absolute atomic E-state index is 0.0510. The number of hydrogen-bond acceptors (Lipinski definition) is 1. The van der Waals surface area contributed by atoms with Gasteiger partial charge in [0.25, 0.3) is 0 Å². The Balaban J connectivity index is 3.44. The standard InChI is InChI=1S/C10H11BrF2O/c1-5(2)8-7(12)4-6(11)10(14-3)9(8)13/h4-5H,1-3H3. The van der Waals surface area contributed by atoms with Gasteiger partial charge in [-0.25, -0.2) is 8.78 Å². The first-order valence-corrected chi connectivity index (χ1v) is 4.99. The van der Waals surface area contributed by atoms with E-state index in [1.165, 1.54) is 13.2 Å². The SMILES string of the molecule is COc1c(Br)cc(F)c(C(C)C)c1F. The fraction of sp³-hybridized carbons (Fsp3) is 0.400. The predicted molar refractivity (Wildman–Crippen MR) is 54.7 cm³/mol. The minimum Gasteiger partial charge on any atom is -0.492 e. The molecule has 0 heterocycles. The van der Waals surface area contributed by atoms with Crippen LogP contribution in [0, 0.1) is 11.6 Å². The molecule has 0 aromatic heterocycles. The number of halogens is 3. The fourth-order valence-electron chi connectivity index (χ4n) is 1.30. The lowest BCUT2D eigenvalue weighted by molar-refractivity contribution is 0.376. The molecule has 4 heteroatoms. The molecule has 0 spiro atoms. The van der Waals surface area contributed by atoms with Gasteiger partial charge in [0.2, 0.25) is 0 Å². The van der Waals surface area contributed by atoms with Gasteiger partial charge in [-0.2, -0.15) is 0 Å². The van der Waals surface area contributed by atoms with Gasteiger partial charge in [-0.05, 0) is 27.9 Å². The average Bonchev–Trinajstić information content (AvgIpc) is 2.02. The van der Waals surface area contributed by atoms with Crippen LogP contribution in [0.3, 0.4) is 0 Å². The average molecular weight is 265 g/mol. The highest BCUT2D eigenvalue weighted by Gasteiger charge is 2.19.